The summed E-state index contributed by atoms with van der Waals surface area (Å²) >= 11 is 1.63. The second-order valence-electron chi connectivity index (χ2n) is 4.32. The molecule has 1 heterocycles. The maximum atomic E-state index is 5.85. The number of aryl methyl sites for hydroxylation is 1. The topological polar surface area (TPSA) is 51.8 Å². The number of hydrogen-bond donors (Lipinski definition) is 1. The van der Waals surface area contributed by atoms with Crippen molar-refractivity contribution in [2.75, 3.05) is 5.73 Å². The number of rotatable bonds is 2. The predicted octanol–water partition coefficient (Wildman–Crippen LogP) is 3.67. The Kier molecular flexibility index (Phi) is 3.09. The first-order chi connectivity index (χ1) is 9.24. The van der Waals surface area contributed by atoms with E-state index in [1.165, 1.54) is 5.56 Å². The molecule has 2 N–H and O–H groups in total. The summed E-state index contributed by atoms with van der Waals surface area (Å²) in [5.74, 6) is 0. The third kappa shape index (κ3) is 2.39. The lowest BCUT2D eigenvalue weighted by atomic mass is 10.2. The molecular formula is C15H13N3S. The van der Waals surface area contributed by atoms with Crippen LogP contribution in [-0.4, -0.2) is 9.97 Å². The SMILES string of the molecule is Cc1ccc(N)cc1Sc1ncnc2ccccc12. The van der Waals surface area contributed by atoms with Gasteiger partial charge in [-0.25, -0.2) is 9.97 Å². The number of nitrogen functional groups attached to an aromatic ring is 1. The van der Waals surface area contributed by atoms with Gasteiger partial charge in [-0.15, -0.1) is 0 Å². The molecule has 1 aromatic heterocycles. The maximum absolute atomic E-state index is 5.85. The second-order valence-corrected chi connectivity index (χ2v) is 5.35. The van der Waals surface area contributed by atoms with E-state index in [0.717, 1.165) is 26.5 Å². The van der Waals surface area contributed by atoms with Gasteiger partial charge in [-0.05, 0) is 30.7 Å². The van der Waals surface area contributed by atoms with Gasteiger partial charge < -0.3 is 5.73 Å². The summed E-state index contributed by atoms with van der Waals surface area (Å²) in [6.07, 6.45) is 1.60. The van der Waals surface area contributed by atoms with Crippen LogP contribution in [0.15, 0.2) is 58.7 Å². The van der Waals surface area contributed by atoms with Crippen molar-refractivity contribution in [2.45, 2.75) is 16.8 Å². The zero-order valence-electron chi connectivity index (χ0n) is 10.5. The van der Waals surface area contributed by atoms with E-state index in [-0.39, 0.29) is 0 Å². The number of hydrogen-bond acceptors (Lipinski definition) is 4. The molecule has 0 fully saturated rings. The van der Waals surface area contributed by atoms with E-state index in [9.17, 15) is 0 Å². The van der Waals surface area contributed by atoms with Crippen LogP contribution < -0.4 is 5.73 Å². The van der Waals surface area contributed by atoms with Crippen LogP contribution in [0.25, 0.3) is 10.9 Å². The minimum Gasteiger partial charge on any atom is -0.399 e. The van der Waals surface area contributed by atoms with Crippen molar-refractivity contribution in [3.8, 4) is 0 Å². The van der Waals surface area contributed by atoms with Crippen LogP contribution in [0.3, 0.4) is 0 Å². The van der Waals surface area contributed by atoms with Gasteiger partial charge in [-0.2, -0.15) is 0 Å². The van der Waals surface area contributed by atoms with Gasteiger partial charge in [-0.3, -0.25) is 0 Å². The molecule has 0 atom stereocenters. The standard InChI is InChI=1S/C15H13N3S/c1-10-6-7-11(16)8-14(10)19-15-12-4-2-3-5-13(12)17-9-18-15/h2-9H,16H2,1H3. The van der Waals surface area contributed by atoms with Gasteiger partial charge in [0.1, 0.15) is 11.4 Å². The summed E-state index contributed by atoms with van der Waals surface area (Å²) in [5, 5.41) is 2.02. The molecule has 4 heteroatoms. The highest BCUT2D eigenvalue weighted by molar-refractivity contribution is 7.99. The summed E-state index contributed by atoms with van der Waals surface area (Å²) in [7, 11) is 0. The number of nitrogens with zero attached hydrogens (tertiary/aromatic N) is 2. The molecule has 0 saturated heterocycles. The minimum absolute atomic E-state index is 0.770. The highest BCUT2D eigenvalue weighted by atomic mass is 32.2. The number of aromatic nitrogens is 2. The van der Waals surface area contributed by atoms with E-state index in [2.05, 4.69) is 16.9 Å². The molecule has 0 aliphatic carbocycles. The number of nitrogens with two attached hydrogens (primary N) is 1. The molecule has 0 aliphatic rings. The number of anilines is 1. The normalized spacial score (nSPS) is 10.8. The zero-order chi connectivity index (χ0) is 13.2. The van der Waals surface area contributed by atoms with Gasteiger partial charge in [0.25, 0.3) is 0 Å². The lowest BCUT2D eigenvalue weighted by Crippen LogP contribution is -1.90. The Morgan fingerprint density at radius 2 is 1.89 bits per heavy atom. The largest absolute Gasteiger partial charge is 0.399 e. The fourth-order valence-corrected chi connectivity index (χ4v) is 2.91. The summed E-state index contributed by atoms with van der Waals surface area (Å²) < 4.78 is 0. The first-order valence-electron chi connectivity index (χ1n) is 5.98. The van der Waals surface area contributed by atoms with E-state index in [4.69, 9.17) is 5.73 Å². The highest BCUT2D eigenvalue weighted by Gasteiger charge is 2.07. The Morgan fingerprint density at radius 1 is 1.05 bits per heavy atom. The maximum Gasteiger partial charge on any atom is 0.117 e. The number of para-hydroxylation sites is 1. The minimum atomic E-state index is 0.770. The Balaban J connectivity index is 2.08. The molecule has 0 aliphatic heterocycles. The molecule has 2 aromatic carbocycles. The Hall–Kier alpha value is -2.07. The first-order valence-corrected chi connectivity index (χ1v) is 6.79. The third-order valence-electron chi connectivity index (χ3n) is 2.93. The summed E-state index contributed by atoms with van der Waals surface area (Å²) in [4.78, 5) is 9.79. The molecule has 0 unspecified atom stereocenters. The van der Waals surface area contributed by atoms with Gasteiger partial charge in [0, 0.05) is 16.0 Å². The monoisotopic (exact) mass is 267 g/mol. The molecule has 0 saturated carbocycles. The van der Waals surface area contributed by atoms with Crippen molar-refractivity contribution < 1.29 is 0 Å². The molecule has 0 bridgehead atoms. The average Bonchev–Trinajstić information content (AvgIpc) is 2.43. The van der Waals surface area contributed by atoms with Crippen LogP contribution in [0.5, 0.6) is 0 Å². The molecular weight excluding hydrogens is 254 g/mol. The molecule has 0 amide bonds. The summed E-state index contributed by atoms with van der Waals surface area (Å²) in [6.45, 7) is 2.07. The quantitative estimate of drug-likeness (QED) is 0.568. The van der Waals surface area contributed by atoms with Crippen molar-refractivity contribution in [3.05, 3.63) is 54.4 Å². The number of benzene rings is 2. The molecule has 0 radical (unpaired) electrons. The van der Waals surface area contributed by atoms with Gasteiger partial charge in [0.2, 0.25) is 0 Å². The van der Waals surface area contributed by atoms with Crippen molar-refractivity contribution >= 4 is 28.4 Å². The van der Waals surface area contributed by atoms with E-state index in [0.29, 0.717) is 0 Å². The summed E-state index contributed by atoms with van der Waals surface area (Å²) in [6, 6.07) is 13.9. The van der Waals surface area contributed by atoms with Gasteiger partial charge in [0.05, 0.1) is 5.52 Å². The van der Waals surface area contributed by atoms with Crippen molar-refractivity contribution in [1.82, 2.24) is 9.97 Å². The third-order valence-corrected chi connectivity index (χ3v) is 4.10. The molecule has 3 nitrogen and oxygen atoms in total. The van der Waals surface area contributed by atoms with E-state index >= 15 is 0 Å². The van der Waals surface area contributed by atoms with Gasteiger partial charge in [0.15, 0.2) is 0 Å². The Morgan fingerprint density at radius 3 is 2.79 bits per heavy atom. The number of fused-ring (bicyclic) bond motifs is 1. The van der Waals surface area contributed by atoms with Crippen LogP contribution >= 0.6 is 11.8 Å². The lowest BCUT2D eigenvalue weighted by molar-refractivity contribution is 1.10. The first kappa shape index (κ1) is 12.0. The smallest absolute Gasteiger partial charge is 0.117 e. The molecule has 3 rings (SSSR count). The van der Waals surface area contributed by atoms with Crippen molar-refractivity contribution in [2.24, 2.45) is 0 Å². The molecule has 19 heavy (non-hydrogen) atoms. The van der Waals surface area contributed by atoms with Crippen molar-refractivity contribution in [1.29, 1.82) is 0 Å². The van der Waals surface area contributed by atoms with Crippen LogP contribution in [0.1, 0.15) is 5.56 Å². The van der Waals surface area contributed by atoms with Gasteiger partial charge in [-0.1, -0.05) is 36.0 Å². The Bertz CT molecular complexity index is 735. The fourth-order valence-electron chi connectivity index (χ4n) is 1.89. The van der Waals surface area contributed by atoms with Crippen LogP contribution in [-0.2, 0) is 0 Å². The van der Waals surface area contributed by atoms with Crippen LogP contribution in [0, 0.1) is 6.92 Å². The lowest BCUT2D eigenvalue weighted by Gasteiger charge is -2.07. The van der Waals surface area contributed by atoms with Crippen molar-refractivity contribution in [3.63, 3.8) is 0 Å². The Labute approximate surface area is 115 Å². The molecule has 3 aromatic rings. The molecule has 94 valence electrons. The van der Waals surface area contributed by atoms with E-state index < -0.39 is 0 Å². The van der Waals surface area contributed by atoms with Gasteiger partial charge >= 0.3 is 0 Å². The second kappa shape index (κ2) is 4.90. The van der Waals surface area contributed by atoms with E-state index in [1.807, 2.05) is 42.5 Å². The summed E-state index contributed by atoms with van der Waals surface area (Å²) in [5.41, 5.74) is 8.77. The zero-order valence-corrected chi connectivity index (χ0v) is 11.3. The average molecular weight is 267 g/mol. The predicted molar refractivity (Wildman–Crippen MR) is 79.3 cm³/mol. The molecule has 0 spiro atoms. The van der Waals surface area contributed by atoms with E-state index in [1.54, 1.807) is 18.1 Å². The van der Waals surface area contributed by atoms with Crippen LogP contribution in [0.4, 0.5) is 5.69 Å². The highest BCUT2D eigenvalue weighted by Crippen LogP contribution is 2.33. The fraction of sp³-hybridized carbons (Fsp3) is 0.0667. The van der Waals surface area contributed by atoms with Crippen LogP contribution in [0.2, 0.25) is 0 Å².